The van der Waals surface area contributed by atoms with Crippen LogP contribution in [0.1, 0.15) is 48.0 Å². The van der Waals surface area contributed by atoms with Crippen molar-refractivity contribution < 1.29 is 32.3 Å². The summed E-state index contributed by atoms with van der Waals surface area (Å²) in [5.74, 6) is -3.28. The van der Waals surface area contributed by atoms with Crippen molar-refractivity contribution >= 4 is 11.9 Å². The third-order valence-corrected chi connectivity index (χ3v) is 5.13. The maximum Gasteiger partial charge on any atom is 0.416 e. The molecule has 0 radical (unpaired) electrons. The lowest BCUT2D eigenvalue weighted by Gasteiger charge is -2.33. The van der Waals surface area contributed by atoms with Crippen LogP contribution in [0.4, 0.5) is 17.6 Å². The van der Waals surface area contributed by atoms with E-state index >= 15 is 0 Å². The standard InChI is InChI=1S/C17H17F4NO3/c18-12-6-5-10(17(19,20)21)8-11(12)15(23)22-13-4-2-1-3-9(13)7-14(22)16(24)25/h5-6,8-9,13-14H,1-4,7H2,(H,24,25). The normalized spacial score (nSPS) is 26.4. The second-order valence-electron chi connectivity index (χ2n) is 6.61. The van der Waals surface area contributed by atoms with E-state index in [1.807, 2.05) is 0 Å². The van der Waals surface area contributed by atoms with Crippen molar-refractivity contribution in [2.45, 2.75) is 50.4 Å². The van der Waals surface area contributed by atoms with Gasteiger partial charge in [0.15, 0.2) is 0 Å². The molecule has 1 saturated heterocycles. The molecule has 1 N–H and O–H groups in total. The number of likely N-dealkylation sites (tertiary alicyclic amines) is 1. The number of halogens is 4. The van der Waals surface area contributed by atoms with Crippen molar-refractivity contribution in [3.63, 3.8) is 0 Å². The highest BCUT2D eigenvalue weighted by molar-refractivity contribution is 5.97. The van der Waals surface area contributed by atoms with E-state index in [2.05, 4.69) is 0 Å². The number of rotatable bonds is 2. The summed E-state index contributed by atoms with van der Waals surface area (Å²) in [6.45, 7) is 0. The Morgan fingerprint density at radius 1 is 1.16 bits per heavy atom. The van der Waals surface area contributed by atoms with E-state index in [1.165, 1.54) is 0 Å². The number of alkyl halides is 3. The molecule has 0 bridgehead atoms. The second-order valence-corrected chi connectivity index (χ2v) is 6.61. The summed E-state index contributed by atoms with van der Waals surface area (Å²) in [5, 5.41) is 9.41. The number of carbonyl (C=O) groups is 2. The first kappa shape index (κ1) is 17.7. The molecule has 2 aliphatic rings. The van der Waals surface area contributed by atoms with Gasteiger partial charge in [-0.1, -0.05) is 12.8 Å². The number of benzene rings is 1. The van der Waals surface area contributed by atoms with E-state index in [0.29, 0.717) is 24.6 Å². The topological polar surface area (TPSA) is 57.6 Å². The summed E-state index contributed by atoms with van der Waals surface area (Å²) in [5.41, 5.74) is -1.86. The van der Waals surface area contributed by atoms with Gasteiger partial charge in [-0.3, -0.25) is 4.79 Å². The van der Waals surface area contributed by atoms with E-state index in [1.54, 1.807) is 0 Å². The van der Waals surface area contributed by atoms with Gasteiger partial charge < -0.3 is 10.0 Å². The first-order valence-electron chi connectivity index (χ1n) is 8.12. The Balaban J connectivity index is 1.99. The molecule has 1 aromatic rings. The Hall–Kier alpha value is -2.12. The first-order valence-corrected chi connectivity index (χ1v) is 8.12. The molecule has 3 atom stereocenters. The number of carbonyl (C=O) groups excluding carboxylic acids is 1. The highest BCUT2D eigenvalue weighted by atomic mass is 19.4. The molecule has 1 aliphatic heterocycles. The predicted molar refractivity (Wildman–Crippen MR) is 79.4 cm³/mol. The first-order chi connectivity index (χ1) is 11.7. The smallest absolute Gasteiger partial charge is 0.416 e. The van der Waals surface area contributed by atoms with Gasteiger partial charge in [0.2, 0.25) is 0 Å². The number of fused-ring (bicyclic) bond motifs is 1. The lowest BCUT2D eigenvalue weighted by Crippen LogP contribution is -2.46. The van der Waals surface area contributed by atoms with E-state index in [9.17, 15) is 32.3 Å². The Kier molecular flexibility index (Phi) is 4.47. The van der Waals surface area contributed by atoms with Gasteiger partial charge in [-0.15, -0.1) is 0 Å². The summed E-state index contributed by atoms with van der Waals surface area (Å²) in [6, 6.07) is 0.132. The summed E-state index contributed by atoms with van der Waals surface area (Å²) < 4.78 is 52.7. The molecule has 1 aromatic carbocycles. The zero-order valence-electron chi connectivity index (χ0n) is 13.2. The van der Waals surface area contributed by atoms with Crippen molar-refractivity contribution in [3.8, 4) is 0 Å². The zero-order valence-corrected chi connectivity index (χ0v) is 13.2. The molecular formula is C17H17F4NO3. The van der Waals surface area contributed by atoms with Crippen LogP contribution in [0.15, 0.2) is 18.2 Å². The van der Waals surface area contributed by atoms with Crippen LogP contribution in [0.25, 0.3) is 0 Å². The van der Waals surface area contributed by atoms with Crippen LogP contribution in [-0.4, -0.2) is 34.0 Å². The van der Waals surface area contributed by atoms with Crippen LogP contribution < -0.4 is 0 Å². The molecule has 3 unspecified atom stereocenters. The van der Waals surface area contributed by atoms with Gasteiger partial charge in [0.1, 0.15) is 11.9 Å². The van der Waals surface area contributed by atoms with E-state index in [-0.39, 0.29) is 18.4 Å². The van der Waals surface area contributed by atoms with Gasteiger partial charge in [-0.05, 0) is 43.4 Å². The molecule has 0 spiro atoms. The summed E-state index contributed by atoms with van der Waals surface area (Å²) in [4.78, 5) is 25.4. The minimum atomic E-state index is -4.71. The summed E-state index contributed by atoms with van der Waals surface area (Å²) >= 11 is 0. The third kappa shape index (κ3) is 3.21. The average molecular weight is 359 g/mol. The molecule has 2 fully saturated rings. The van der Waals surface area contributed by atoms with Crippen molar-refractivity contribution in [1.29, 1.82) is 0 Å². The second kappa shape index (κ2) is 6.31. The number of hydrogen-bond donors (Lipinski definition) is 1. The molecule has 3 rings (SSSR count). The number of aliphatic carboxylic acids is 1. The molecule has 8 heteroatoms. The number of amides is 1. The fourth-order valence-electron chi connectivity index (χ4n) is 3.98. The highest BCUT2D eigenvalue weighted by Crippen LogP contribution is 2.41. The van der Waals surface area contributed by atoms with E-state index in [0.717, 1.165) is 24.2 Å². The Morgan fingerprint density at radius 3 is 2.48 bits per heavy atom. The molecule has 136 valence electrons. The number of hydrogen-bond acceptors (Lipinski definition) is 2. The molecule has 1 saturated carbocycles. The SMILES string of the molecule is O=C(O)C1CC2CCCCC2N1C(=O)c1cc(C(F)(F)F)ccc1F. The van der Waals surface area contributed by atoms with E-state index < -0.39 is 41.0 Å². The Morgan fingerprint density at radius 2 is 1.84 bits per heavy atom. The molecule has 0 aromatic heterocycles. The minimum Gasteiger partial charge on any atom is -0.480 e. The van der Waals surface area contributed by atoms with Crippen molar-refractivity contribution in [1.82, 2.24) is 4.90 Å². The largest absolute Gasteiger partial charge is 0.480 e. The maximum atomic E-state index is 14.1. The van der Waals surface area contributed by atoms with Gasteiger partial charge in [0, 0.05) is 6.04 Å². The lowest BCUT2D eigenvalue weighted by atomic mass is 9.84. The van der Waals surface area contributed by atoms with Gasteiger partial charge in [0.05, 0.1) is 11.1 Å². The third-order valence-electron chi connectivity index (χ3n) is 5.13. The molecule has 25 heavy (non-hydrogen) atoms. The number of carboxylic acid groups (broad SMARTS) is 1. The van der Waals surface area contributed by atoms with Crippen LogP contribution in [-0.2, 0) is 11.0 Å². The van der Waals surface area contributed by atoms with Crippen LogP contribution in [0.2, 0.25) is 0 Å². The fourth-order valence-corrected chi connectivity index (χ4v) is 3.98. The van der Waals surface area contributed by atoms with Crippen LogP contribution in [0.5, 0.6) is 0 Å². The number of nitrogens with zero attached hydrogens (tertiary/aromatic N) is 1. The Bertz CT molecular complexity index is 704. The van der Waals surface area contributed by atoms with Crippen LogP contribution >= 0.6 is 0 Å². The Labute approximate surface area is 141 Å². The molecule has 4 nitrogen and oxygen atoms in total. The maximum absolute atomic E-state index is 14.1. The van der Waals surface area contributed by atoms with Gasteiger partial charge in [0.25, 0.3) is 5.91 Å². The average Bonchev–Trinajstić information content (AvgIpc) is 2.93. The summed E-state index contributed by atoms with van der Waals surface area (Å²) in [7, 11) is 0. The van der Waals surface area contributed by atoms with Crippen molar-refractivity contribution in [3.05, 3.63) is 35.1 Å². The van der Waals surface area contributed by atoms with Crippen LogP contribution in [0, 0.1) is 11.7 Å². The van der Waals surface area contributed by atoms with Crippen molar-refractivity contribution in [2.24, 2.45) is 5.92 Å². The molecule has 1 aliphatic carbocycles. The highest BCUT2D eigenvalue weighted by Gasteiger charge is 2.48. The monoisotopic (exact) mass is 359 g/mol. The minimum absolute atomic E-state index is 0.00680. The summed E-state index contributed by atoms with van der Waals surface area (Å²) in [6.07, 6.45) is -1.38. The predicted octanol–water partition coefficient (Wildman–Crippen LogP) is 3.70. The molecule has 1 amide bonds. The lowest BCUT2D eigenvalue weighted by molar-refractivity contribution is -0.142. The number of carboxylic acids is 1. The zero-order chi connectivity index (χ0) is 18.4. The van der Waals surface area contributed by atoms with Crippen molar-refractivity contribution in [2.75, 3.05) is 0 Å². The molecular weight excluding hydrogens is 342 g/mol. The van der Waals surface area contributed by atoms with Gasteiger partial charge in [-0.2, -0.15) is 13.2 Å². The fraction of sp³-hybridized carbons (Fsp3) is 0.529. The van der Waals surface area contributed by atoms with E-state index in [4.69, 9.17) is 0 Å². The van der Waals surface area contributed by atoms with Crippen LogP contribution in [0.3, 0.4) is 0 Å². The van der Waals surface area contributed by atoms with Gasteiger partial charge >= 0.3 is 12.1 Å². The quantitative estimate of drug-likeness (QED) is 0.819. The molecule has 1 heterocycles. The van der Waals surface area contributed by atoms with Gasteiger partial charge in [-0.25, -0.2) is 9.18 Å².